The number of carboxylic acids is 1. The number of hydrogen-bond acceptors (Lipinski definition) is 2. The molecule has 1 rings (SSSR count). The first-order chi connectivity index (χ1) is 9.93. The average molecular weight is 325 g/mol. The Bertz CT molecular complexity index is 624. The maximum atomic E-state index is 12.7. The van der Waals surface area contributed by atoms with E-state index in [0.29, 0.717) is 0 Å². The Kier molecular flexibility index (Phi) is 5.09. The van der Waals surface area contributed by atoms with E-state index in [1.807, 2.05) is 0 Å². The maximum Gasteiger partial charge on any atom is 0.417 e. The van der Waals surface area contributed by atoms with E-state index in [0.717, 1.165) is 6.07 Å². The summed E-state index contributed by atoms with van der Waals surface area (Å²) in [4.78, 5) is 10.4. The highest BCUT2D eigenvalue weighted by Crippen LogP contribution is 2.40. The summed E-state index contributed by atoms with van der Waals surface area (Å²) in [6.07, 6.45) is -10.7. The molecule has 1 aromatic carbocycles. The minimum absolute atomic E-state index is 0.266. The standard InChI is InChI=1S/C13H9F6NO2/c14-12(15,16)8-5-4-7(6-9(8)13(17,18)19)2-1-3-10(20)11(21)22/h4-6,10H,3,20H2,(H,21,22)/t10-/m0/s1. The number of aliphatic carboxylic acids is 1. The Morgan fingerprint density at radius 2 is 1.68 bits per heavy atom. The molecule has 0 aliphatic heterocycles. The number of carboxylic acid groups (broad SMARTS) is 1. The highest BCUT2D eigenvalue weighted by atomic mass is 19.4. The first-order valence-corrected chi connectivity index (χ1v) is 5.68. The molecule has 0 aliphatic rings. The lowest BCUT2D eigenvalue weighted by atomic mass is 10.0. The summed E-state index contributed by atoms with van der Waals surface area (Å²) < 4.78 is 75.6. The van der Waals surface area contributed by atoms with Crippen molar-refractivity contribution in [2.24, 2.45) is 5.73 Å². The normalized spacial score (nSPS) is 13.2. The van der Waals surface area contributed by atoms with Gasteiger partial charge in [0.2, 0.25) is 0 Å². The Balaban J connectivity index is 3.17. The van der Waals surface area contributed by atoms with Crippen LogP contribution in [0, 0.1) is 11.8 Å². The van der Waals surface area contributed by atoms with Crippen molar-refractivity contribution in [3.8, 4) is 11.8 Å². The molecule has 22 heavy (non-hydrogen) atoms. The highest BCUT2D eigenvalue weighted by Gasteiger charge is 2.42. The first kappa shape index (κ1) is 17.8. The largest absolute Gasteiger partial charge is 0.480 e. The summed E-state index contributed by atoms with van der Waals surface area (Å²) in [5.74, 6) is 3.03. The monoisotopic (exact) mass is 325 g/mol. The Hall–Kier alpha value is -2.21. The van der Waals surface area contributed by atoms with E-state index < -0.39 is 35.5 Å². The summed E-state index contributed by atoms with van der Waals surface area (Å²) >= 11 is 0. The van der Waals surface area contributed by atoms with Crippen LogP contribution in [0.25, 0.3) is 0 Å². The van der Waals surface area contributed by atoms with Gasteiger partial charge in [-0.2, -0.15) is 26.3 Å². The number of alkyl halides is 6. The van der Waals surface area contributed by atoms with Gasteiger partial charge in [-0.25, -0.2) is 0 Å². The molecule has 0 aromatic heterocycles. The second kappa shape index (κ2) is 6.27. The number of carbonyl (C=O) groups is 1. The average Bonchev–Trinajstić information content (AvgIpc) is 2.36. The number of benzene rings is 1. The van der Waals surface area contributed by atoms with E-state index in [1.54, 1.807) is 0 Å². The lowest BCUT2D eigenvalue weighted by Crippen LogP contribution is -2.29. The van der Waals surface area contributed by atoms with Crippen molar-refractivity contribution in [1.82, 2.24) is 0 Å². The molecule has 0 amide bonds. The fraction of sp³-hybridized carbons (Fsp3) is 0.308. The smallest absolute Gasteiger partial charge is 0.417 e. The van der Waals surface area contributed by atoms with Crippen LogP contribution in [0.1, 0.15) is 23.1 Å². The van der Waals surface area contributed by atoms with Crippen molar-refractivity contribution in [3.63, 3.8) is 0 Å². The summed E-state index contributed by atoms with van der Waals surface area (Å²) in [6, 6.07) is -0.00675. The van der Waals surface area contributed by atoms with E-state index in [2.05, 4.69) is 11.8 Å². The molecule has 3 N–H and O–H groups in total. The quantitative estimate of drug-likeness (QED) is 0.649. The fourth-order valence-corrected chi connectivity index (χ4v) is 1.45. The molecule has 120 valence electrons. The number of nitrogens with two attached hydrogens (primary N) is 1. The van der Waals surface area contributed by atoms with Crippen LogP contribution in [0.15, 0.2) is 18.2 Å². The third-order valence-corrected chi connectivity index (χ3v) is 2.50. The van der Waals surface area contributed by atoms with E-state index >= 15 is 0 Å². The third-order valence-electron chi connectivity index (χ3n) is 2.50. The zero-order valence-corrected chi connectivity index (χ0v) is 10.7. The van der Waals surface area contributed by atoms with Crippen molar-refractivity contribution in [1.29, 1.82) is 0 Å². The maximum absolute atomic E-state index is 12.7. The third kappa shape index (κ3) is 4.66. The molecule has 1 aromatic rings. The SMILES string of the molecule is N[C@@H](CC#Cc1ccc(C(F)(F)F)c(C(F)(F)F)c1)C(=O)O. The molecule has 0 fully saturated rings. The minimum Gasteiger partial charge on any atom is -0.480 e. The molecule has 0 unspecified atom stereocenters. The van der Waals surface area contributed by atoms with E-state index in [4.69, 9.17) is 10.8 Å². The Labute approximate surface area is 120 Å². The zero-order chi connectivity index (χ0) is 17.1. The van der Waals surface area contributed by atoms with E-state index in [-0.39, 0.29) is 24.1 Å². The van der Waals surface area contributed by atoms with Crippen molar-refractivity contribution >= 4 is 5.97 Å². The van der Waals surface area contributed by atoms with Crippen molar-refractivity contribution in [2.75, 3.05) is 0 Å². The molecule has 0 saturated carbocycles. The molecular weight excluding hydrogens is 316 g/mol. The molecule has 0 radical (unpaired) electrons. The molecule has 1 atom stereocenters. The summed E-state index contributed by atoms with van der Waals surface area (Å²) in [6.45, 7) is 0. The van der Waals surface area contributed by atoms with Gasteiger partial charge in [0.05, 0.1) is 11.1 Å². The van der Waals surface area contributed by atoms with Crippen molar-refractivity contribution in [2.45, 2.75) is 24.8 Å². The van der Waals surface area contributed by atoms with Gasteiger partial charge in [-0.1, -0.05) is 11.8 Å². The minimum atomic E-state index is -5.19. The van der Waals surface area contributed by atoms with Gasteiger partial charge in [0, 0.05) is 12.0 Å². The second-order valence-corrected chi connectivity index (χ2v) is 4.21. The van der Waals surface area contributed by atoms with Gasteiger partial charge < -0.3 is 10.8 Å². The number of halogens is 6. The summed E-state index contributed by atoms with van der Waals surface area (Å²) in [7, 11) is 0. The van der Waals surface area contributed by atoms with Crippen LogP contribution in [0.2, 0.25) is 0 Å². The Morgan fingerprint density at radius 3 is 2.14 bits per heavy atom. The van der Waals surface area contributed by atoms with Crippen LogP contribution in [0.5, 0.6) is 0 Å². The van der Waals surface area contributed by atoms with Crippen LogP contribution >= 0.6 is 0 Å². The molecule has 9 heteroatoms. The predicted molar refractivity (Wildman–Crippen MR) is 63.6 cm³/mol. The van der Waals surface area contributed by atoms with Gasteiger partial charge in [0.15, 0.2) is 0 Å². The van der Waals surface area contributed by atoms with Gasteiger partial charge in [-0.3, -0.25) is 4.79 Å². The summed E-state index contributed by atoms with van der Waals surface area (Å²) in [5.41, 5.74) is 1.14. The number of rotatable bonds is 2. The molecule has 0 bridgehead atoms. The van der Waals surface area contributed by atoms with E-state index in [9.17, 15) is 31.1 Å². The van der Waals surface area contributed by atoms with Crippen molar-refractivity contribution < 1.29 is 36.2 Å². The van der Waals surface area contributed by atoms with Gasteiger partial charge in [-0.05, 0) is 18.2 Å². The predicted octanol–water partition coefficient (Wildman–Crippen LogP) is 2.88. The highest BCUT2D eigenvalue weighted by molar-refractivity contribution is 5.73. The molecule has 0 saturated heterocycles. The molecule has 0 heterocycles. The van der Waals surface area contributed by atoms with Gasteiger partial charge in [0.25, 0.3) is 0 Å². The van der Waals surface area contributed by atoms with Crippen LogP contribution in [-0.2, 0) is 17.1 Å². The zero-order valence-electron chi connectivity index (χ0n) is 10.7. The second-order valence-electron chi connectivity index (χ2n) is 4.21. The van der Waals surface area contributed by atoms with Crippen LogP contribution in [-0.4, -0.2) is 17.1 Å². The molecule has 0 aliphatic carbocycles. The summed E-state index contributed by atoms with van der Waals surface area (Å²) in [5, 5.41) is 8.49. The number of hydrogen-bond donors (Lipinski definition) is 2. The lowest BCUT2D eigenvalue weighted by Gasteiger charge is -2.15. The van der Waals surface area contributed by atoms with Gasteiger partial charge in [0.1, 0.15) is 6.04 Å². The molecule has 3 nitrogen and oxygen atoms in total. The lowest BCUT2D eigenvalue weighted by molar-refractivity contribution is -0.162. The van der Waals surface area contributed by atoms with Gasteiger partial charge in [-0.15, -0.1) is 0 Å². The molecular formula is C13H9F6NO2. The van der Waals surface area contributed by atoms with Gasteiger partial charge >= 0.3 is 18.3 Å². The fourth-order valence-electron chi connectivity index (χ4n) is 1.45. The van der Waals surface area contributed by atoms with Crippen LogP contribution in [0.3, 0.4) is 0 Å². The van der Waals surface area contributed by atoms with Crippen LogP contribution in [0.4, 0.5) is 26.3 Å². The molecule has 0 spiro atoms. The first-order valence-electron chi connectivity index (χ1n) is 5.68. The van der Waals surface area contributed by atoms with Crippen LogP contribution < -0.4 is 5.73 Å². The topological polar surface area (TPSA) is 63.3 Å². The Morgan fingerprint density at radius 1 is 1.14 bits per heavy atom. The van der Waals surface area contributed by atoms with E-state index in [1.165, 1.54) is 0 Å². The van der Waals surface area contributed by atoms with Crippen molar-refractivity contribution in [3.05, 3.63) is 34.9 Å².